The first-order valence-corrected chi connectivity index (χ1v) is 10.6. The Balaban J connectivity index is 1.33. The molecular weight excluding hydrogens is 354 g/mol. The van der Waals surface area contributed by atoms with Crippen LogP contribution in [0.4, 0.5) is 0 Å². The van der Waals surface area contributed by atoms with E-state index >= 15 is 0 Å². The van der Waals surface area contributed by atoms with Gasteiger partial charge in [0.1, 0.15) is 0 Å². The molecule has 3 aromatic rings. The standard InChI is InChI=1S/C26H31N3/c1-26(2,3)24-13-11-21(12-14-24)19-27-29-17-15-28(16-18-29)20-23-9-6-8-22-7-4-5-10-25(22)23/h4-14,19H,15-18,20H2,1-3H3. The highest BCUT2D eigenvalue weighted by Gasteiger charge is 2.16. The molecule has 0 N–H and O–H groups in total. The first-order chi connectivity index (χ1) is 14.0. The summed E-state index contributed by atoms with van der Waals surface area (Å²) in [5.74, 6) is 0. The number of fused-ring (bicyclic) bond motifs is 1. The number of rotatable bonds is 4. The van der Waals surface area contributed by atoms with E-state index < -0.39 is 0 Å². The fourth-order valence-corrected chi connectivity index (χ4v) is 3.90. The average Bonchev–Trinajstić information content (AvgIpc) is 2.73. The molecule has 0 radical (unpaired) electrons. The van der Waals surface area contributed by atoms with Crippen molar-refractivity contribution in [2.75, 3.05) is 26.2 Å². The zero-order valence-electron chi connectivity index (χ0n) is 17.8. The number of benzene rings is 3. The van der Waals surface area contributed by atoms with Gasteiger partial charge < -0.3 is 0 Å². The smallest absolute Gasteiger partial charge is 0.0542 e. The van der Waals surface area contributed by atoms with Crippen molar-refractivity contribution < 1.29 is 0 Å². The highest BCUT2D eigenvalue weighted by molar-refractivity contribution is 5.85. The predicted molar refractivity (Wildman–Crippen MR) is 124 cm³/mol. The molecule has 29 heavy (non-hydrogen) atoms. The summed E-state index contributed by atoms with van der Waals surface area (Å²) in [5, 5.41) is 9.60. The van der Waals surface area contributed by atoms with Crippen molar-refractivity contribution in [2.24, 2.45) is 5.10 Å². The average molecular weight is 386 g/mol. The fraction of sp³-hybridized carbons (Fsp3) is 0.346. The van der Waals surface area contributed by atoms with Crippen LogP contribution in [0.25, 0.3) is 10.8 Å². The third-order valence-electron chi connectivity index (χ3n) is 5.77. The Bertz CT molecular complexity index is 970. The first kappa shape index (κ1) is 19.7. The Morgan fingerprint density at radius 3 is 2.24 bits per heavy atom. The second kappa shape index (κ2) is 8.38. The molecule has 0 atom stereocenters. The Kier molecular flexibility index (Phi) is 5.68. The number of hydrogen-bond donors (Lipinski definition) is 0. The Labute approximate surface area is 174 Å². The molecule has 1 saturated heterocycles. The molecule has 3 nitrogen and oxygen atoms in total. The summed E-state index contributed by atoms with van der Waals surface area (Å²) < 4.78 is 0. The van der Waals surface area contributed by atoms with Gasteiger partial charge in [0.25, 0.3) is 0 Å². The summed E-state index contributed by atoms with van der Waals surface area (Å²) >= 11 is 0. The highest BCUT2D eigenvalue weighted by Crippen LogP contribution is 2.22. The van der Waals surface area contributed by atoms with Crippen molar-refractivity contribution in [3.05, 3.63) is 83.4 Å². The van der Waals surface area contributed by atoms with E-state index in [1.807, 2.05) is 6.21 Å². The second-order valence-corrected chi connectivity index (χ2v) is 8.98. The van der Waals surface area contributed by atoms with Gasteiger partial charge in [-0.2, -0.15) is 5.10 Å². The van der Waals surface area contributed by atoms with Gasteiger partial charge in [-0.05, 0) is 32.9 Å². The lowest BCUT2D eigenvalue weighted by atomic mass is 9.87. The number of piperazine rings is 1. The monoisotopic (exact) mass is 385 g/mol. The van der Waals surface area contributed by atoms with Crippen molar-refractivity contribution in [3.8, 4) is 0 Å². The molecule has 1 heterocycles. The van der Waals surface area contributed by atoms with Gasteiger partial charge in [0.15, 0.2) is 0 Å². The maximum atomic E-state index is 4.72. The van der Waals surface area contributed by atoms with Gasteiger partial charge in [-0.1, -0.05) is 87.5 Å². The van der Waals surface area contributed by atoms with Crippen LogP contribution in [0.5, 0.6) is 0 Å². The molecule has 0 aromatic heterocycles. The molecule has 4 rings (SSSR count). The summed E-state index contributed by atoms with van der Waals surface area (Å²) in [4.78, 5) is 2.53. The van der Waals surface area contributed by atoms with Gasteiger partial charge in [-0.15, -0.1) is 0 Å². The number of hydrazone groups is 1. The Hall–Kier alpha value is -2.65. The van der Waals surface area contributed by atoms with E-state index in [9.17, 15) is 0 Å². The summed E-state index contributed by atoms with van der Waals surface area (Å²) in [6.07, 6.45) is 1.99. The van der Waals surface area contributed by atoms with Crippen LogP contribution < -0.4 is 0 Å². The molecule has 0 amide bonds. The predicted octanol–water partition coefficient (Wildman–Crippen LogP) is 5.29. The zero-order chi connectivity index (χ0) is 20.3. The zero-order valence-corrected chi connectivity index (χ0v) is 17.8. The summed E-state index contributed by atoms with van der Waals surface area (Å²) in [6.45, 7) is 11.8. The third-order valence-corrected chi connectivity index (χ3v) is 5.77. The van der Waals surface area contributed by atoms with Crippen LogP contribution in [0, 0.1) is 0 Å². The number of nitrogens with zero attached hydrogens (tertiary/aromatic N) is 3. The van der Waals surface area contributed by atoms with Gasteiger partial charge in [0.05, 0.1) is 6.21 Å². The van der Waals surface area contributed by atoms with Crippen LogP contribution in [0.15, 0.2) is 71.8 Å². The minimum absolute atomic E-state index is 0.191. The molecular formula is C26H31N3. The van der Waals surface area contributed by atoms with Gasteiger partial charge in [-0.25, -0.2) is 0 Å². The van der Waals surface area contributed by atoms with E-state index in [-0.39, 0.29) is 5.41 Å². The van der Waals surface area contributed by atoms with E-state index in [1.165, 1.54) is 21.9 Å². The molecule has 3 heteroatoms. The molecule has 0 spiro atoms. The lowest BCUT2D eigenvalue weighted by Crippen LogP contribution is -2.43. The van der Waals surface area contributed by atoms with E-state index in [2.05, 4.69) is 97.4 Å². The van der Waals surface area contributed by atoms with Gasteiger partial charge >= 0.3 is 0 Å². The molecule has 0 saturated carbocycles. The maximum absolute atomic E-state index is 4.72. The van der Waals surface area contributed by atoms with Crippen molar-refractivity contribution >= 4 is 17.0 Å². The van der Waals surface area contributed by atoms with E-state index in [4.69, 9.17) is 5.10 Å². The molecule has 3 aromatic carbocycles. The second-order valence-electron chi connectivity index (χ2n) is 8.98. The number of hydrogen-bond acceptors (Lipinski definition) is 3. The molecule has 0 aliphatic carbocycles. The molecule has 1 aliphatic heterocycles. The normalized spacial score (nSPS) is 16.0. The fourth-order valence-electron chi connectivity index (χ4n) is 3.90. The van der Waals surface area contributed by atoms with Crippen LogP contribution in [0.1, 0.15) is 37.5 Å². The van der Waals surface area contributed by atoms with Crippen LogP contribution in [0.3, 0.4) is 0 Å². The third kappa shape index (κ3) is 4.86. The molecule has 0 unspecified atom stereocenters. The lowest BCUT2D eigenvalue weighted by Gasteiger charge is -2.33. The topological polar surface area (TPSA) is 18.8 Å². The molecule has 1 fully saturated rings. The van der Waals surface area contributed by atoms with E-state index in [1.54, 1.807) is 0 Å². The summed E-state index contributed by atoms with van der Waals surface area (Å²) in [6, 6.07) is 24.0. The largest absolute Gasteiger partial charge is 0.295 e. The molecule has 150 valence electrons. The van der Waals surface area contributed by atoms with Crippen molar-refractivity contribution in [2.45, 2.75) is 32.7 Å². The van der Waals surface area contributed by atoms with Crippen LogP contribution in [-0.2, 0) is 12.0 Å². The summed E-state index contributed by atoms with van der Waals surface area (Å²) in [7, 11) is 0. The lowest BCUT2D eigenvalue weighted by molar-refractivity contribution is 0.131. The van der Waals surface area contributed by atoms with Gasteiger partial charge in [0, 0.05) is 32.7 Å². The Morgan fingerprint density at radius 1 is 0.828 bits per heavy atom. The van der Waals surface area contributed by atoms with E-state index in [0.29, 0.717) is 0 Å². The quantitative estimate of drug-likeness (QED) is 0.568. The highest BCUT2D eigenvalue weighted by atomic mass is 15.5. The molecule has 1 aliphatic rings. The van der Waals surface area contributed by atoms with Crippen molar-refractivity contribution in [1.82, 2.24) is 9.91 Å². The van der Waals surface area contributed by atoms with Crippen LogP contribution in [-0.4, -0.2) is 42.3 Å². The van der Waals surface area contributed by atoms with E-state index in [0.717, 1.165) is 38.3 Å². The van der Waals surface area contributed by atoms with Crippen LogP contribution >= 0.6 is 0 Å². The minimum atomic E-state index is 0.191. The van der Waals surface area contributed by atoms with Gasteiger partial charge in [-0.3, -0.25) is 9.91 Å². The summed E-state index contributed by atoms with van der Waals surface area (Å²) in [5.41, 5.74) is 4.13. The minimum Gasteiger partial charge on any atom is -0.295 e. The van der Waals surface area contributed by atoms with Crippen molar-refractivity contribution in [1.29, 1.82) is 0 Å². The van der Waals surface area contributed by atoms with Gasteiger partial charge in [0.2, 0.25) is 0 Å². The van der Waals surface area contributed by atoms with Crippen LogP contribution in [0.2, 0.25) is 0 Å². The SMILES string of the molecule is CC(C)(C)c1ccc(C=NN2CCN(Cc3cccc4ccccc34)CC2)cc1. The first-order valence-electron chi connectivity index (χ1n) is 10.6. The Morgan fingerprint density at radius 2 is 1.52 bits per heavy atom. The van der Waals surface area contributed by atoms with Crippen molar-refractivity contribution in [3.63, 3.8) is 0 Å². The molecule has 0 bridgehead atoms. The maximum Gasteiger partial charge on any atom is 0.0542 e.